The van der Waals surface area contributed by atoms with E-state index in [0.717, 1.165) is 38.8 Å². The predicted molar refractivity (Wildman–Crippen MR) is 162 cm³/mol. The minimum absolute atomic E-state index is 0.0155. The summed E-state index contributed by atoms with van der Waals surface area (Å²) in [4.78, 5) is 18.2. The Labute approximate surface area is 245 Å². The van der Waals surface area contributed by atoms with Crippen molar-refractivity contribution in [3.8, 4) is 5.75 Å². The molecule has 0 unspecified atom stereocenters. The van der Waals surface area contributed by atoms with Crippen molar-refractivity contribution in [3.63, 3.8) is 0 Å². The van der Waals surface area contributed by atoms with E-state index in [-0.39, 0.29) is 46.8 Å². The molecule has 0 spiro atoms. The van der Waals surface area contributed by atoms with E-state index < -0.39 is 16.1 Å². The summed E-state index contributed by atoms with van der Waals surface area (Å²) in [5.74, 6) is 0.0397. The number of rotatable bonds is 9. The quantitative estimate of drug-likeness (QED) is 0.439. The van der Waals surface area contributed by atoms with Crippen LogP contribution >= 0.6 is 0 Å². The second-order valence-electron chi connectivity index (χ2n) is 11.2. The molecule has 2 aromatic carbocycles. The highest BCUT2D eigenvalue weighted by atomic mass is 32.2. The van der Waals surface area contributed by atoms with Gasteiger partial charge in [-0.15, -0.1) is 0 Å². The molecule has 0 saturated heterocycles. The third kappa shape index (κ3) is 9.43. The van der Waals surface area contributed by atoms with Gasteiger partial charge in [0.1, 0.15) is 5.75 Å². The van der Waals surface area contributed by atoms with E-state index in [9.17, 15) is 18.3 Å². The van der Waals surface area contributed by atoms with Gasteiger partial charge in [0.25, 0.3) is 15.9 Å². The summed E-state index contributed by atoms with van der Waals surface area (Å²) in [7, 11) is -1.78. The lowest BCUT2D eigenvalue weighted by Crippen LogP contribution is -2.47. The molecule has 3 rings (SSSR count). The largest absolute Gasteiger partial charge is 0.490 e. The Morgan fingerprint density at radius 2 is 1.88 bits per heavy atom. The fourth-order valence-corrected chi connectivity index (χ4v) is 6.11. The van der Waals surface area contributed by atoms with Gasteiger partial charge in [-0.25, -0.2) is 8.42 Å². The first-order valence-electron chi connectivity index (χ1n) is 14.7. The number of fused-ring (bicyclic) bond motifs is 1. The van der Waals surface area contributed by atoms with Crippen LogP contribution in [0.15, 0.2) is 53.4 Å². The Morgan fingerprint density at radius 1 is 1.15 bits per heavy atom. The molecule has 0 aromatic heterocycles. The van der Waals surface area contributed by atoms with Crippen molar-refractivity contribution < 1.29 is 27.8 Å². The molecule has 1 heterocycles. The van der Waals surface area contributed by atoms with Gasteiger partial charge in [-0.1, -0.05) is 32.0 Å². The third-order valence-electron chi connectivity index (χ3n) is 7.45. The van der Waals surface area contributed by atoms with Gasteiger partial charge in [-0.05, 0) is 83.5 Å². The number of nitrogens with zero attached hydrogens (tertiary/aromatic N) is 2. The number of nitrogens with one attached hydrogen (secondary N) is 1. The summed E-state index contributed by atoms with van der Waals surface area (Å²) in [5, 5.41) is 10.1. The van der Waals surface area contributed by atoms with Gasteiger partial charge in [-0.2, -0.15) is 0 Å². The average Bonchev–Trinajstić information content (AvgIpc) is 2.95. The molecule has 0 saturated carbocycles. The Hall–Kier alpha value is -2.66. The molecule has 1 aliphatic heterocycles. The van der Waals surface area contributed by atoms with Crippen LogP contribution in [0.5, 0.6) is 5.75 Å². The molecule has 4 atom stereocenters. The van der Waals surface area contributed by atoms with E-state index in [1.807, 2.05) is 6.92 Å². The molecule has 10 heteroatoms. The van der Waals surface area contributed by atoms with Crippen LogP contribution in [0.4, 0.5) is 5.69 Å². The number of carbonyl (C=O) groups excluding carboxylic acids is 1. The Bertz CT molecular complexity index is 1210. The third-order valence-corrected chi connectivity index (χ3v) is 8.85. The van der Waals surface area contributed by atoms with E-state index in [4.69, 9.17) is 9.47 Å². The smallest absolute Gasteiger partial charge is 0.261 e. The van der Waals surface area contributed by atoms with Crippen LogP contribution in [-0.2, 0) is 14.8 Å². The molecule has 0 fully saturated rings. The minimum atomic E-state index is -3.86. The molecular formula is C31H47N3O6S. The number of amides is 1. The monoisotopic (exact) mass is 589 g/mol. The standard InChI is InChI=1S/C31H47N3O6S/c1-6-17-33(5)21-30-23(2)20-34(24(3)22-35)31(36)28-19-26(32-41(37,38)27-13-8-7-9-14-27)15-16-29(28)40-25(4)12-10-11-18-39-30/h7-9,13-16,19,23-25,30,32,35H,6,10-12,17-18,20-22H2,1-5H3/t23-,24-,25+,30-/m0/s1. The molecule has 0 aliphatic carbocycles. The highest BCUT2D eigenvalue weighted by Gasteiger charge is 2.30. The zero-order valence-electron chi connectivity index (χ0n) is 25.1. The fraction of sp³-hybridized carbons (Fsp3) is 0.581. The summed E-state index contributed by atoms with van der Waals surface area (Å²) in [6.07, 6.45) is 3.38. The van der Waals surface area contributed by atoms with Gasteiger partial charge in [-0.3, -0.25) is 9.52 Å². The second-order valence-corrected chi connectivity index (χ2v) is 12.9. The molecule has 1 amide bonds. The minimum Gasteiger partial charge on any atom is -0.490 e. The number of likely N-dealkylation sites (N-methyl/N-ethyl adjacent to an activating group) is 1. The highest BCUT2D eigenvalue weighted by Crippen LogP contribution is 2.29. The molecule has 228 valence electrons. The topological polar surface area (TPSA) is 108 Å². The van der Waals surface area contributed by atoms with Crippen molar-refractivity contribution in [1.82, 2.24) is 9.80 Å². The van der Waals surface area contributed by atoms with Crippen molar-refractivity contribution in [3.05, 3.63) is 54.1 Å². The molecular weight excluding hydrogens is 542 g/mol. The second kappa shape index (κ2) is 15.5. The van der Waals surface area contributed by atoms with Gasteiger partial charge >= 0.3 is 0 Å². The van der Waals surface area contributed by atoms with Crippen LogP contribution in [0, 0.1) is 5.92 Å². The first-order valence-corrected chi connectivity index (χ1v) is 16.1. The molecule has 0 bridgehead atoms. The lowest BCUT2D eigenvalue weighted by Gasteiger charge is -2.35. The van der Waals surface area contributed by atoms with E-state index >= 15 is 0 Å². The number of hydrogen-bond acceptors (Lipinski definition) is 7. The van der Waals surface area contributed by atoms with Crippen LogP contribution in [0.2, 0.25) is 0 Å². The highest BCUT2D eigenvalue weighted by molar-refractivity contribution is 7.92. The molecule has 9 nitrogen and oxygen atoms in total. The van der Waals surface area contributed by atoms with Crippen LogP contribution in [0.1, 0.15) is 63.7 Å². The molecule has 2 aromatic rings. The number of carbonyl (C=O) groups is 1. The summed E-state index contributed by atoms with van der Waals surface area (Å²) in [6, 6.07) is 12.4. The van der Waals surface area contributed by atoms with Gasteiger partial charge in [0.15, 0.2) is 0 Å². The van der Waals surface area contributed by atoms with Gasteiger partial charge in [0.2, 0.25) is 0 Å². The summed E-state index contributed by atoms with van der Waals surface area (Å²) in [6.45, 7) is 10.5. The van der Waals surface area contributed by atoms with Crippen molar-refractivity contribution in [2.45, 2.75) is 76.5 Å². The summed E-state index contributed by atoms with van der Waals surface area (Å²) in [5.41, 5.74) is 0.501. The normalized spacial score (nSPS) is 22.0. The van der Waals surface area contributed by atoms with Gasteiger partial charge in [0.05, 0.1) is 35.3 Å². The maximum absolute atomic E-state index is 14.2. The summed E-state index contributed by atoms with van der Waals surface area (Å²) < 4.78 is 41.3. The molecule has 1 aliphatic rings. The zero-order chi connectivity index (χ0) is 30.0. The number of sulfonamides is 1. The number of anilines is 1. The van der Waals surface area contributed by atoms with Crippen LogP contribution in [0.3, 0.4) is 0 Å². The van der Waals surface area contributed by atoms with Crippen molar-refractivity contribution in [2.24, 2.45) is 5.92 Å². The number of aliphatic hydroxyl groups is 1. The number of aliphatic hydroxyl groups excluding tert-OH is 1. The van der Waals surface area contributed by atoms with Crippen molar-refractivity contribution in [2.75, 3.05) is 44.6 Å². The summed E-state index contributed by atoms with van der Waals surface area (Å²) >= 11 is 0. The van der Waals surface area contributed by atoms with Crippen LogP contribution in [0.25, 0.3) is 0 Å². The molecule has 0 radical (unpaired) electrons. The number of hydrogen-bond donors (Lipinski definition) is 2. The lowest BCUT2D eigenvalue weighted by atomic mass is 10.0. The molecule has 2 N–H and O–H groups in total. The van der Waals surface area contributed by atoms with Crippen molar-refractivity contribution >= 4 is 21.6 Å². The SMILES string of the molecule is CCCN(C)C[C@@H]1OCCCC[C@@H](C)Oc2ccc(NS(=O)(=O)c3ccccc3)cc2C(=O)N([C@@H](C)CO)C[C@@H]1C. The van der Waals surface area contributed by atoms with E-state index in [0.29, 0.717) is 18.9 Å². The van der Waals surface area contributed by atoms with E-state index in [1.54, 1.807) is 42.2 Å². The average molecular weight is 590 g/mol. The first-order chi connectivity index (χ1) is 19.6. The van der Waals surface area contributed by atoms with Gasteiger partial charge in [0, 0.05) is 31.3 Å². The Morgan fingerprint density at radius 3 is 2.56 bits per heavy atom. The Balaban J connectivity index is 2.00. The number of ether oxygens (including phenoxy) is 2. The predicted octanol–water partition coefficient (Wildman–Crippen LogP) is 4.62. The maximum Gasteiger partial charge on any atom is 0.261 e. The van der Waals surface area contributed by atoms with Crippen molar-refractivity contribution in [1.29, 1.82) is 0 Å². The van der Waals surface area contributed by atoms with Crippen LogP contribution in [-0.4, -0.2) is 87.4 Å². The number of benzene rings is 2. The lowest BCUT2D eigenvalue weighted by molar-refractivity contribution is -0.0167. The zero-order valence-corrected chi connectivity index (χ0v) is 25.9. The maximum atomic E-state index is 14.2. The Kier molecular flexibility index (Phi) is 12.4. The van der Waals surface area contributed by atoms with Gasteiger partial charge < -0.3 is 24.4 Å². The first kappa shape index (κ1) is 32.8. The fourth-order valence-electron chi connectivity index (χ4n) is 5.04. The van der Waals surface area contributed by atoms with E-state index in [1.165, 1.54) is 18.2 Å². The van der Waals surface area contributed by atoms with Crippen LogP contribution < -0.4 is 9.46 Å². The van der Waals surface area contributed by atoms with E-state index in [2.05, 4.69) is 30.5 Å². The molecule has 41 heavy (non-hydrogen) atoms.